The Hall–Kier alpha value is -1.64. The topological polar surface area (TPSA) is 53.6 Å². The highest BCUT2D eigenvalue weighted by molar-refractivity contribution is 7.07. The summed E-state index contributed by atoms with van der Waals surface area (Å²) in [5.74, 6) is 0. The molecular formula is C11H12N4S. The molecule has 0 aliphatic rings. The second-order valence-corrected chi connectivity index (χ2v) is 4.26. The molecule has 16 heavy (non-hydrogen) atoms. The molecule has 1 N–H and O–H groups in total. The van der Waals surface area contributed by atoms with Gasteiger partial charge < -0.3 is 9.88 Å². The van der Waals surface area contributed by atoms with Crippen molar-refractivity contribution in [2.75, 3.05) is 0 Å². The van der Waals surface area contributed by atoms with Crippen LogP contribution in [0.1, 0.15) is 17.0 Å². The summed E-state index contributed by atoms with van der Waals surface area (Å²) in [6, 6.07) is 4.04. The van der Waals surface area contributed by atoms with E-state index in [4.69, 9.17) is 5.26 Å². The van der Waals surface area contributed by atoms with Crippen LogP contribution in [-0.4, -0.2) is 9.55 Å². The second kappa shape index (κ2) is 4.92. The molecule has 0 saturated carbocycles. The fourth-order valence-corrected chi connectivity index (χ4v) is 2.06. The van der Waals surface area contributed by atoms with E-state index in [9.17, 15) is 0 Å². The summed E-state index contributed by atoms with van der Waals surface area (Å²) >= 11 is 1.60. The smallest absolute Gasteiger partial charge is 0.120 e. The van der Waals surface area contributed by atoms with Gasteiger partial charge in [-0.05, 0) is 11.6 Å². The Morgan fingerprint density at radius 1 is 1.56 bits per heavy atom. The lowest BCUT2D eigenvalue weighted by molar-refractivity contribution is 0.681. The summed E-state index contributed by atoms with van der Waals surface area (Å²) in [5, 5.41) is 14.1. The van der Waals surface area contributed by atoms with Crippen LogP contribution >= 0.6 is 11.3 Å². The van der Waals surface area contributed by atoms with Crippen LogP contribution in [0.2, 0.25) is 0 Å². The van der Waals surface area contributed by atoms with Gasteiger partial charge in [0.1, 0.15) is 11.8 Å². The lowest BCUT2D eigenvalue weighted by Gasteiger charge is -1.99. The lowest BCUT2D eigenvalue weighted by atomic mass is 10.3. The molecule has 0 fully saturated rings. The number of aromatic nitrogens is 2. The van der Waals surface area contributed by atoms with E-state index in [1.54, 1.807) is 11.3 Å². The highest BCUT2D eigenvalue weighted by Crippen LogP contribution is 2.06. The van der Waals surface area contributed by atoms with Gasteiger partial charge in [-0.3, -0.25) is 0 Å². The third kappa shape index (κ3) is 2.48. The highest BCUT2D eigenvalue weighted by atomic mass is 32.1. The zero-order valence-corrected chi connectivity index (χ0v) is 9.79. The van der Waals surface area contributed by atoms with E-state index in [0.29, 0.717) is 5.69 Å². The van der Waals surface area contributed by atoms with Gasteiger partial charge in [0.15, 0.2) is 0 Å². The van der Waals surface area contributed by atoms with E-state index in [0.717, 1.165) is 24.3 Å². The van der Waals surface area contributed by atoms with Crippen molar-refractivity contribution < 1.29 is 0 Å². The minimum absolute atomic E-state index is 0.686. The number of hydrogen-bond acceptors (Lipinski definition) is 4. The maximum Gasteiger partial charge on any atom is 0.120 e. The van der Waals surface area contributed by atoms with Gasteiger partial charge in [0.2, 0.25) is 0 Å². The van der Waals surface area contributed by atoms with E-state index in [2.05, 4.69) is 16.4 Å². The molecule has 0 unspecified atom stereocenters. The van der Waals surface area contributed by atoms with Crippen molar-refractivity contribution in [3.8, 4) is 6.07 Å². The third-order valence-electron chi connectivity index (χ3n) is 2.29. The number of nitriles is 1. The van der Waals surface area contributed by atoms with Gasteiger partial charge in [-0.1, -0.05) is 0 Å². The third-order valence-corrected chi connectivity index (χ3v) is 2.93. The van der Waals surface area contributed by atoms with Crippen molar-refractivity contribution in [2.45, 2.75) is 13.1 Å². The molecular weight excluding hydrogens is 220 g/mol. The predicted molar refractivity (Wildman–Crippen MR) is 62.8 cm³/mol. The Morgan fingerprint density at radius 3 is 3.06 bits per heavy atom. The number of nitrogens with one attached hydrogen (secondary N) is 1. The zero-order chi connectivity index (χ0) is 11.4. The van der Waals surface area contributed by atoms with E-state index < -0.39 is 0 Å². The summed E-state index contributed by atoms with van der Waals surface area (Å²) in [7, 11) is 1.88. The molecule has 0 aliphatic heterocycles. The Kier molecular flexibility index (Phi) is 3.34. The molecule has 4 nitrogen and oxygen atoms in total. The van der Waals surface area contributed by atoms with Gasteiger partial charge in [0.25, 0.3) is 0 Å². The van der Waals surface area contributed by atoms with E-state index in [1.165, 1.54) is 0 Å². The number of thiazole rings is 1. The van der Waals surface area contributed by atoms with E-state index in [-0.39, 0.29) is 0 Å². The Balaban J connectivity index is 1.88. The average molecular weight is 232 g/mol. The normalized spacial score (nSPS) is 10.2. The molecule has 0 aromatic carbocycles. The quantitative estimate of drug-likeness (QED) is 0.872. The number of aryl methyl sites for hydroxylation is 1. The van der Waals surface area contributed by atoms with Crippen LogP contribution < -0.4 is 5.32 Å². The Morgan fingerprint density at radius 2 is 2.44 bits per heavy atom. The summed E-state index contributed by atoms with van der Waals surface area (Å²) in [5.41, 5.74) is 4.69. The predicted octanol–water partition coefficient (Wildman–Crippen LogP) is 1.64. The molecule has 5 heteroatoms. The molecule has 0 aliphatic carbocycles. The van der Waals surface area contributed by atoms with Crippen LogP contribution in [0.4, 0.5) is 0 Å². The van der Waals surface area contributed by atoms with Crippen molar-refractivity contribution in [1.82, 2.24) is 14.9 Å². The standard InChI is InChI=1S/C11H12N4S/c1-15-6-9(2-11(15)3-12)4-13-5-10-7-16-8-14-10/h2,6-8,13H,4-5H2,1H3. The molecule has 2 heterocycles. The van der Waals surface area contributed by atoms with Gasteiger partial charge in [-0.2, -0.15) is 5.26 Å². The van der Waals surface area contributed by atoms with Gasteiger partial charge >= 0.3 is 0 Å². The van der Waals surface area contributed by atoms with Crippen LogP contribution in [0, 0.1) is 11.3 Å². The van der Waals surface area contributed by atoms with E-state index >= 15 is 0 Å². The monoisotopic (exact) mass is 232 g/mol. The first-order valence-corrected chi connectivity index (χ1v) is 5.87. The van der Waals surface area contributed by atoms with Crippen molar-refractivity contribution in [3.05, 3.63) is 40.1 Å². The van der Waals surface area contributed by atoms with Crippen molar-refractivity contribution >= 4 is 11.3 Å². The van der Waals surface area contributed by atoms with Crippen molar-refractivity contribution in [1.29, 1.82) is 5.26 Å². The molecule has 0 spiro atoms. The first kappa shape index (κ1) is 10.9. The van der Waals surface area contributed by atoms with Crippen LogP contribution in [0.5, 0.6) is 0 Å². The minimum atomic E-state index is 0.686. The summed E-state index contributed by atoms with van der Waals surface area (Å²) in [4.78, 5) is 4.18. The van der Waals surface area contributed by atoms with Gasteiger partial charge in [-0.15, -0.1) is 11.3 Å². The van der Waals surface area contributed by atoms with E-state index in [1.807, 2.05) is 34.8 Å². The average Bonchev–Trinajstić information content (AvgIpc) is 2.88. The van der Waals surface area contributed by atoms with Gasteiger partial charge in [0.05, 0.1) is 11.2 Å². The summed E-state index contributed by atoms with van der Waals surface area (Å²) < 4.78 is 1.83. The molecule has 2 aromatic rings. The maximum atomic E-state index is 8.81. The molecule has 2 rings (SSSR count). The molecule has 0 atom stereocenters. The van der Waals surface area contributed by atoms with Crippen molar-refractivity contribution in [3.63, 3.8) is 0 Å². The van der Waals surface area contributed by atoms with Crippen LogP contribution in [0.15, 0.2) is 23.2 Å². The molecule has 82 valence electrons. The van der Waals surface area contributed by atoms with Crippen LogP contribution in [-0.2, 0) is 20.1 Å². The molecule has 2 aromatic heterocycles. The lowest BCUT2D eigenvalue weighted by Crippen LogP contribution is -2.12. The largest absolute Gasteiger partial charge is 0.342 e. The number of rotatable bonds is 4. The zero-order valence-electron chi connectivity index (χ0n) is 8.97. The van der Waals surface area contributed by atoms with Crippen LogP contribution in [0.3, 0.4) is 0 Å². The second-order valence-electron chi connectivity index (χ2n) is 3.54. The van der Waals surface area contributed by atoms with Crippen LogP contribution in [0.25, 0.3) is 0 Å². The first-order valence-electron chi connectivity index (χ1n) is 4.92. The molecule has 0 amide bonds. The Labute approximate surface area is 98.2 Å². The summed E-state index contributed by atoms with van der Waals surface area (Å²) in [6.07, 6.45) is 1.96. The van der Waals surface area contributed by atoms with Crippen molar-refractivity contribution in [2.24, 2.45) is 7.05 Å². The Bertz CT molecular complexity index is 493. The SMILES string of the molecule is Cn1cc(CNCc2cscn2)cc1C#N. The van der Waals surface area contributed by atoms with Gasteiger partial charge in [-0.25, -0.2) is 4.98 Å². The molecule has 0 radical (unpaired) electrons. The minimum Gasteiger partial charge on any atom is -0.342 e. The maximum absolute atomic E-state index is 8.81. The number of nitrogens with zero attached hydrogens (tertiary/aromatic N) is 3. The molecule has 0 bridgehead atoms. The summed E-state index contributed by atoms with van der Waals surface area (Å²) in [6.45, 7) is 1.52. The highest BCUT2D eigenvalue weighted by Gasteiger charge is 2.01. The first-order chi connectivity index (χ1) is 7.79. The fourth-order valence-electron chi connectivity index (χ4n) is 1.50. The van der Waals surface area contributed by atoms with Gasteiger partial charge in [0, 0.05) is 31.7 Å². The molecule has 0 saturated heterocycles. The number of hydrogen-bond donors (Lipinski definition) is 1. The fraction of sp³-hybridized carbons (Fsp3) is 0.273.